The molecule has 1 heterocycles. The Kier molecular flexibility index (Phi) is 5.87. The highest BCUT2D eigenvalue weighted by Gasteiger charge is 2.46. The fourth-order valence-corrected chi connectivity index (χ4v) is 5.61. The van der Waals surface area contributed by atoms with Crippen molar-refractivity contribution in [2.45, 2.75) is 44.1 Å². The van der Waals surface area contributed by atoms with E-state index in [1.807, 2.05) is 24.3 Å². The topological polar surface area (TPSA) is 52.2 Å². The molecule has 1 saturated carbocycles. The van der Waals surface area contributed by atoms with Gasteiger partial charge in [0, 0.05) is 18.9 Å². The first-order valence-corrected chi connectivity index (χ1v) is 11.8. The lowest BCUT2D eigenvalue weighted by atomic mass is 9.61. The quantitative estimate of drug-likeness (QED) is 0.513. The minimum atomic E-state index is -0.646. The standard InChI is InChI=1S/C27H32FN3O/c1-31(14-5-10-26-29-24-8-2-3-9-25(24)30-26)15-13-27(32)18-20-11-12-21(27)17-23(20)19-6-4-7-22(28)16-19/h2-4,6-9,16-17,20-21,32H,5,10-15,18H2,1H3,(H,29,30)/t20-,21-,27+/m0/s1. The summed E-state index contributed by atoms with van der Waals surface area (Å²) in [5.41, 5.74) is 3.67. The Morgan fingerprint density at radius 3 is 2.81 bits per heavy atom. The molecule has 5 heteroatoms. The van der Waals surface area contributed by atoms with Crippen LogP contribution >= 0.6 is 0 Å². The van der Waals surface area contributed by atoms with Crippen LogP contribution in [0.25, 0.3) is 16.6 Å². The van der Waals surface area contributed by atoms with E-state index in [9.17, 15) is 9.50 Å². The molecule has 0 saturated heterocycles. The SMILES string of the molecule is CN(CCCc1nc2ccccc2[nH]1)CC[C@@]1(O)C[C@@H]2CC[C@H]1C=C2c1cccc(F)c1. The highest BCUT2D eigenvalue weighted by Crippen LogP contribution is 2.51. The van der Waals surface area contributed by atoms with Gasteiger partial charge in [0.05, 0.1) is 16.6 Å². The van der Waals surface area contributed by atoms with Crippen molar-refractivity contribution >= 4 is 16.6 Å². The number of aromatic amines is 1. The van der Waals surface area contributed by atoms with Gasteiger partial charge in [0.25, 0.3) is 0 Å². The predicted molar refractivity (Wildman–Crippen MR) is 127 cm³/mol. The molecule has 4 nitrogen and oxygen atoms in total. The summed E-state index contributed by atoms with van der Waals surface area (Å²) in [5, 5.41) is 11.5. The molecule has 3 aliphatic carbocycles. The van der Waals surface area contributed by atoms with E-state index in [-0.39, 0.29) is 11.7 Å². The normalized spacial score (nSPS) is 24.9. The van der Waals surface area contributed by atoms with E-state index >= 15 is 0 Å². The lowest BCUT2D eigenvalue weighted by Crippen LogP contribution is -2.48. The molecule has 32 heavy (non-hydrogen) atoms. The number of nitrogens with one attached hydrogen (secondary N) is 1. The smallest absolute Gasteiger partial charge is 0.123 e. The number of H-pyrrole nitrogens is 1. The number of rotatable bonds is 8. The van der Waals surface area contributed by atoms with Crippen molar-refractivity contribution in [2.24, 2.45) is 11.8 Å². The van der Waals surface area contributed by atoms with Crippen molar-refractivity contribution in [1.29, 1.82) is 0 Å². The van der Waals surface area contributed by atoms with E-state index in [2.05, 4.69) is 34.1 Å². The Morgan fingerprint density at radius 1 is 1.16 bits per heavy atom. The number of nitrogens with zero attached hydrogens (tertiary/aromatic N) is 2. The largest absolute Gasteiger partial charge is 0.389 e. The molecular weight excluding hydrogens is 401 g/mol. The van der Waals surface area contributed by atoms with Gasteiger partial charge in [0.1, 0.15) is 11.6 Å². The molecular formula is C27H32FN3O. The molecule has 0 unspecified atom stereocenters. The van der Waals surface area contributed by atoms with Crippen LogP contribution in [0.4, 0.5) is 4.39 Å². The summed E-state index contributed by atoms with van der Waals surface area (Å²) < 4.78 is 13.7. The van der Waals surface area contributed by atoms with Gasteiger partial charge in [-0.15, -0.1) is 0 Å². The molecule has 6 rings (SSSR count). The number of aryl methyl sites for hydroxylation is 1. The van der Waals surface area contributed by atoms with Crippen LogP contribution in [0.5, 0.6) is 0 Å². The number of benzene rings is 2. The number of allylic oxidation sites excluding steroid dienone is 1. The zero-order chi connectivity index (χ0) is 22.1. The second-order valence-electron chi connectivity index (χ2n) is 9.68. The number of hydrogen-bond donors (Lipinski definition) is 2. The number of hydrogen-bond acceptors (Lipinski definition) is 3. The molecule has 0 amide bonds. The Labute approximate surface area is 189 Å². The van der Waals surface area contributed by atoms with Gasteiger partial charge in [-0.2, -0.15) is 0 Å². The van der Waals surface area contributed by atoms with Crippen LogP contribution < -0.4 is 0 Å². The number of imidazole rings is 1. The highest BCUT2D eigenvalue weighted by atomic mass is 19.1. The maximum Gasteiger partial charge on any atom is 0.123 e. The van der Waals surface area contributed by atoms with Gasteiger partial charge in [0.15, 0.2) is 0 Å². The van der Waals surface area contributed by atoms with Crippen molar-refractivity contribution in [3.63, 3.8) is 0 Å². The Hall–Kier alpha value is -2.50. The lowest BCUT2D eigenvalue weighted by Gasteiger charge is -2.48. The van der Waals surface area contributed by atoms with Crippen molar-refractivity contribution in [1.82, 2.24) is 14.9 Å². The molecule has 1 fully saturated rings. The second kappa shape index (κ2) is 8.80. The highest BCUT2D eigenvalue weighted by molar-refractivity contribution is 5.74. The molecule has 0 radical (unpaired) electrons. The number of fused-ring (bicyclic) bond motifs is 3. The average Bonchev–Trinajstić information content (AvgIpc) is 3.21. The van der Waals surface area contributed by atoms with Gasteiger partial charge >= 0.3 is 0 Å². The summed E-state index contributed by atoms with van der Waals surface area (Å²) in [4.78, 5) is 10.4. The van der Waals surface area contributed by atoms with Crippen LogP contribution in [-0.4, -0.2) is 45.7 Å². The van der Waals surface area contributed by atoms with E-state index in [4.69, 9.17) is 0 Å². The van der Waals surface area contributed by atoms with Crippen molar-refractivity contribution in [3.8, 4) is 0 Å². The van der Waals surface area contributed by atoms with E-state index in [0.29, 0.717) is 5.92 Å². The minimum Gasteiger partial charge on any atom is -0.389 e. The molecule has 3 aromatic rings. The molecule has 2 aromatic carbocycles. The summed E-state index contributed by atoms with van der Waals surface area (Å²) in [5.74, 6) is 1.34. The van der Waals surface area contributed by atoms with Crippen molar-refractivity contribution in [3.05, 3.63) is 71.8 Å². The maximum atomic E-state index is 13.7. The number of aromatic nitrogens is 2. The third kappa shape index (κ3) is 4.37. The Morgan fingerprint density at radius 2 is 2.03 bits per heavy atom. The molecule has 0 aliphatic heterocycles. The van der Waals surface area contributed by atoms with E-state index < -0.39 is 5.60 Å². The van der Waals surface area contributed by atoms with Crippen LogP contribution in [0, 0.1) is 17.7 Å². The molecule has 3 aliphatic rings. The summed E-state index contributed by atoms with van der Waals surface area (Å²) in [6.07, 6.45) is 7.86. The van der Waals surface area contributed by atoms with E-state index in [0.717, 1.165) is 74.0 Å². The summed E-state index contributed by atoms with van der Waals surface area (Å²) >= 11 is 0. The molecule has 3 atom stereocenters. The number of para-hydroxylation sites is 2. The monoisotopic (exact) mass is 433 g/mol. The van der Waals surface area contributed by atoms with Crippen molar-refractivity contribution < 1.29 is 9.50 Å². The first-order chi connectivity index (χ1) is 15.5. The first-order valence-electron chi connectivity index (χ1n) is 11.8. The molecule has 2 bridgehead atoms. The van der Waals surface area contributed by atoms with Gasteiger partial charge in [-0.05, 0) is 87.0 Å². The van der Waals surface area contributed by atoms with Gasteiger partial charge in [-0.3, -0.25) is 0 Å². The van der Waals surface area contributed by atoms with Gasteiger partial charge < -0.3 is 15.0 Å². The summed E-state index contributed by atoms with van der Waals surface area (Å²) in [7, 11) is 2.14. The van der Waals surface area contributed by atoms with Gasteiger partial charge in [-0.1, -0.05) is 30.3 Å². The Balaban J connectivity index is 1.14. The first kappa shape index (κ1) is 21.4. The number of aliphatic hydroxyl groups is 1. The van der Waals surface area contributed by atoms with Crippen LogP contribution in [-0.2, 0) is 6.42 Å². The average molecular weight is 434 g/mol. The van der Waals surface area contributed by atoms with Crippen LogP contribution in [0.1, 0.15) is 43.5 Å². The predicted octanol–water partition coefficient (Wildman–Crippen LogP) is 5.20. The molecule has 1 aromatic heterocycles. The van der Waals surface area contributed by atoms with E-state index in [1.165, 1.54) is 11.6 Å². The fourth-order valence-electron chi connectivity index (χ4n) is 5.61. The molecule has 2 N–H and O–H groups in total. The number of halogens is 1. The summed E-state index contributed by atoms with van der Waals surface area (Å²) in [6, 6.07) is 15.0. The lowest BCUT2D eigenvalue weighted by molar-refractivity contribution is -0.0574. The third-order valence-corrected chi connectivity index (χ3v) is 7.41. The zero-order valence-electron chi connectivity index (χ0n) is 18.7. The Bertz CT molecular complexity index is 1090. The minimum absolute atomic E-state index is 0.162. The molecule has 168 valence electrons. The van der Waals surface area contributed by atoms with E-state index in [1.54, 1.807) is 12.1 Å². The third-order valence-electron chi connectivity index (χ3n) is 7.41. The zero-order valence-corrected chi connectivity index (χ0v) is 18.7. The maximum absolute atomic E-state index is 13.7. The molecule has 0 spiro atoms. The van der Waals surface area contributed by atoms with Gasteiger partial charge in [-0.25, -0.2) is 9.37 Å². The summed E-state index contributed by atoms with van der Waals surface area (Å²) in [6.45, 7) is 1.86. The van der Waals surface area contributed by atoms with Crippen molar-refractivity contribution in [2.75, 3.05) is 20.1 Å². The van der Waals surface area contributed by atoms with Crippen LogP contribution in [0.2, 0.25) is 0 Å². The second-order valence-corrected chi connectivity index (χ2v) is 9.68. The van der Waals surface area contributed by atoms with Crippen LogP contribution in [0.15, 0.2) is 54.6 Å². The van der Waals surface area contributed by atoms with Crippen LogP contribution in [0.3, 0.4) is 0 Å². The van der Waals surface area contributed by atoms with Gasteiger partial charge in [0.2, 0.25) is 0 Å². The fraction of sp³-hybridized carbons (Fsp3) is 0.444.